The van der Waals surface area contributed by atoms with Crippen LogP contribution in [-0.2, 0) is 4.79 Å². The third kappa shape index (κ3) is 8.19. The molecule has 1 aromatic rings. The van der Waals surface area contributed by atoms with Gasteiger partial charge in [-0.1, -0.05) is 18.2 Å². The highest BCUT2D eigenvalue weighted by atomic mass is 32.2. The number of carbonyl (C=O) groups is 1. The van der Waals surface area contributed by atoms with Crippen LogP contribution in [0.5, 0.6) is 0 Å². The minimum Gasteiger partial charge on any atom is -0.389 e. The van der Waals surface area contributed by atoms with Crippen molar-refractivity contribution in [1.29, 1.82) is 0 Å². The maximum absolute atomic E-state index is 11.7. The Morgan fingerprint density at radius 3 is 2.60 bits per heavy atom. The first-order valence-corrected chi connectivity index (χ1v) is 7.71. The lowest BCUT2D eigenvalue weighted by atomic mass is 10.1. The van der Waals surface area contributed by atoms with E-state index in [0.717, 1.165) is 5.75 Å². The van der Waals surface area contributed by atoms with Gasteiger partial charge in [-0.2, -0.15) is 0 Å². The van der Waals surface area contributed by atoms with E-state index in [1.54, 1.807) is 25.6 Å². The van der Waals surface area contributed by atoms with Crippen molar-refractivity contribution in [2.45, 2.75) is 24.3 Å². The van der Waals surface area contributed by atoms with E-state index in [1.807, 2.05) is 30.1 Å². The Morgan fingerprint density at radius 1 is 1.35 bits per heavy atom. The van der Waals surface area contributed by atoms with Crippen molar-refractivity contribution in [3.8, 4) is 0 Å². The van der Waals surface area contributed by atoms with Gasteiger partial charge in [0.15, 0.2) is 0 Å². The molecular formula is C15H24N2O2S. The first-order chi connectivity index (χ1) is 9.37. The summed E-state index contributed by atoms with van der Waals surface area (Å²) in [7, 11) is 1.83. The van der Waals surface area contributed by atoms with Crippen molar-refractivity contribution in [2.24, 2.45) is 0 Å². The zero-order valence-electron chi connectivity index (χ0n) is 12.4. The Morgan fingerprint density at radius 2 is 2.00 bits per heavy atom. The number of hydrogen-bond donors (Lipinski definition) is 2. The molecule has 0 saturated carbocycles. The van der Waals surface area contributed by atoms with Gasteiger partial charge in [0.25, 0.3) is 0 Å². The second-order valence-electron chi connectivity index (χ2n) is 5.50. The number of rotatable bonds is 8. The summed E-state index contributed by atoms with van der Waals surface area (Å²) in [5.74, 6) is 0.843. The van der Waals surface area contributed by atoms with Gasteiger partial charge >= 0.3 is 0 Å². The predicted octanol–water partition coefficient (Wildman–Crippen LogP) is 1.60. The van der Waals surface area contributed by atoms with Crippen molar-refractivity contribution in [3.05, 3.63) is 30.3 Å². The number of aliphatic hydroxyl groups is 1. The molecule has 0 heterocycles. The van der Waals surface area contributed by atoms with Crippen molar-refractivity contribution < 1.29 is 9.90 Å². The Bertz CT molecular complexity index is 404. The van der Waals surface area contributed by atoms with E-state index >= 15 is 0 Å². The van der Waals surface area contributed by atoms with Gasteiger partial charge < -0.3 is 10.4 Å². The van der Waals surface area contributed by atoms with Gasteiger partial charge in [-0.05, 0) is 33.0 Å². The predicted molar refractivity (Wildman–Crippen MR) is 84.0 cm³/mol. The Hall–Kier alpha value is -1.04. The van der Waals surface area contributed by atoms with Gasteiger partial charge in [-0.15, -0.1) is 11.8 Å². The van der Waals surface area contributed by atoms with Crippen molar-refractivity contribution in [3.63, 3.8) is 0 Å². The minimum absolute atomic E-state index is 0.00888. The summed E-state index contributed by atoms with van der Waals surface area (Å²) in [4.78, 5) is 14.7. The summed E-state index contributed by atoms with van der Waals surface area (Å²) in [6, 6.07) is 10.1. The molecule has 0 atom stereocenters. The molecule has 0 aliphatic heterocycles. The van der Waals surface area contributed by atoms with Gasteiger partial charge in [-0.3, -0.25) is 9.69 Å². The molecular weight excluding hydrogens is 272 g/mol. The SMILES string of the molecule is CN(CC(=O)NCCSc1ccccc1)CC(C)(C)O. The number of hydrogen-bond acceptors (Lipinski definition) is 4. The lowest BCUT2D eigenvalue weighted by Crippen LogP contribution is -2.42. The van der Waals surface area contributed by atoms with Crippen LogP contribution in [0, 0.1) is 0 Å². The fraction of sp³-hybridized carbons (Fsp3) is 0.533. The van der Waals surface area contributed by atoms with Crippen molar-refractivity contribution in [2.75, 3.05) is 32.4 Å². The number of amides is 1. The number of carbonyl (C=O) groups excluding carboxylic acids is 1. The standard InChI is InChI=1S/C15H24N2O2S/c1-15(2,19)12-17(3)11-14(18)16-9-10-20-13-7-5-4-6-8-13/h4-8,19H,9-12H2,1-3H3,(H,16,18). The van der Waals surface area contributed by atoms with E-state index in [4.69, 9.17) is 0 Å². The maximum Gasteiger partial charge on any atom is 0.234 e. The summed E-state index contributed by atoms with van der Waals surface area (Å²) in [6.45, 7) is 4.89. The van der Waals surface area contributed by atoms with Gasteiger partial charge in [0.05, 0.1) is 12.1 Å². The highest BCUT2D eigenvalue weighted by Crippen LogP contribution is 2.15. The van der Waals surface area contributed by atoms with E-state index in [1.165, 1.54) is 4.90 Å². The van der Waals surface area contributed by atoms with E-state index in [9.17, 15) is 9.90 Å². The average Bonchev–Trinajstić information content (AvgIpc) is 2.33. The molecule has 112 valence electrons. The lowest BCUT2D eigenvalue weighted by Gasteiger charge is -2.24. The fourth-order valence-corrected chi connectivity index (χ4v) is 2.68. The van der Waals surface area contributed by atoms with Gasteiger partial charge in [0.1, 0.15) is 0 Å². The van der Waals surface area contributed by atoms with Crippen LogP contribution in [0.1, 0.15) is 13.8 Å². The van der Waals surface area contributed by atoms with E-state index in [0.29, 0.717) is 19.6 Å². The number of nitrogens with zero attached hydrogens (tertiary/aromatic N) is 1. The molecule has 1 aromatic carbocycles. The third-order valence-corrected chi connectivity index (χ3v) is 3.52. The number of nitrogens with one attached hydrogen (secondary N) is 1. The monoisotopic (exact) mass is 296 g/mol. The highest BCUT2D eigenvalue weighted by molar-refractivity contribution is 7.99. The summed E-state index contributed by atoms with van der Waals surface area (Å²) in [5, 5.41) is 12.6. The van der Waals surface area contributed by atoms with Crippen LogP contribution in [0.25, 0.3) is 0 Å². The van der Waals surface area contributed by atoms with Gasteiger partial charge in [-0.25, -0.2) is 0 Å². The molecule has 4 nitrogen and oxygen atoms in total. The zero-order chi connectivity index (χ0) is 15.0. The average molecular weight is 296 g/mol. The van der Waals surface area contributed by atoms with Crippen LogP contribution in [-0.4, -0.2) is 53.9 Å². The first kappa shape index (κ1) is 17.0. The summed E-state index contributed by atoms with van der Waals surface area (Å²) in [5.41, 5.74) is -0.780. The van der Waals surface area contributed by atoms with Crippen LogP contribution in [0.3, 0.4) is 0 Å². The van der Waals surface area contributed by atoms with Gasteiger partial charge in [0.2, 0.25) is 5.91 Å². The smallest absolute Gasteiger partial charge is 0.234 e. The molecule has 1 amide bonds. The molecule has 0 aliphatic carbocycles. The molecule has 0 aromatic heterocycles. The molecule has 0 radical (unpaired) electrons. The van der Waals surface area contributed by atoms with Crippen molar-refractivity contribution in [1.82, 2.24) is 10.2 Å². The number of benzene rings is 1. The van der Waals surface area contributed by atoms with E-state index < -0.39 is 5.60 Å². The summed E-state index contributed by atoms with van der Waals surface area (Å²) >= 11 is 1.72. The molecule has 0 spiro atoms. The lowest BCUT2D eigenvalue weighted by molar-refractivity contribution is -0.122. The zero-order valence-corrected chi connectivity index (χ0v) is 13.2. The highest BCUT2D eigenvalue weighted by Gasteiger charge is 2.17. The molecule has 0 fully saturated rings. The van der Waals surface area contributed by atoms with Crippen LogP contribution in [0.15, 0.2) is 35.2 Å². The summed E-state index contributed by atoms with van der Waals surface area (Å²) in [6.07, 6.45) is 0. The topological polar surface area (TPSA) is 52.6 Å². The van der Waals surface area contributed by atoms with Crippen LogP contribution in [0.4, 0.5) is 0 Å². The van der Waals surface area contributed by atoms with Crippen LogP contribution < -0.4 is 5.32 Å². The molecule has 0 saturated heterocycles. The van der Waals surface area contributed by atoms with Crippen LogP contribution in [0.2, 0.25) is 0 Å². The number of likely N-dealkylation sites (N-methyl/N-ethyl adjacent to an activating group) is 1. The van der Waals surface area contributed by atoms with E-state index in [-0.39, 0.29) is 5.91 Å². The van der Waals surface area contributed by atoms with Crippen molar-refractivity contribution >= 4 is 17.7 Å². The van der Waals surface area contributed by atoms with Crippen LogP contribution >= 0.6 is 11.8 Å². The molecule has 20 heavy (non-hydrogen) atoms. The molecule has 2 N–H and O–H groups in total. The first-order valence-electron chi connectivity index (χ1n) is 6.72. The van der Waals surface area contributed by atoms with E-state index in [2.05, 4.69) is 17.4 Å². The maximum atomic E-state index is 11.7. The molecule has 1 rings (SSSR count). The molecule has 0 bridgehead atoms. The number of thioether (sulfide) groups is 1. The fourth-order valence-electron chi connectivity index (χ4n) is 1.89. The minimum atomic E-state index is -0.780. The van der Waals surface area contributed by atoms with Gasteiger partial charge in [0, 0.05) is 23.7 Å². The summed E-state index contributed by atoms with van der Waals surface area (Å²) < 4.78 is 0. The second-order valence-corrected chi connectivity index (χ2v) is 6.66. The third-order valence-electron chi connectivity index (χ3n) is 2.51. The largest absolute Gasteiger partial charge is 0.389 e. The Balaban J connectivity index is 2.14. The second kappa shape index (κ2) is 8.29. The quantitative estimate of drug-likeness (QED) is 0.565. The normalized spacial score (nSPS) is 11.7. The Labute approximate surface area is 125 Å². The Kier molecular flexibility index (Phi) is 7.05. The molecule has 5 heteroatoms. The molecule has 0 aliphatic rings. The molecule has 0 unspecified atom stereocenters.